The van der Waals surface area contributed by atoms with E-state index < -0.39 is 11.3 Å². The SMILES string of the molecule is O=c1cc(-c2ccccc2)oc(=O)n1-c1ccccc1. The van der Waals surface area contributed by atoms with Crippen LogP contribution >= 0.6 is 0 Å². The van der Waals surface area contributed by atoms with Crippen molar-refractivity contribution in [2.24, 2.45) is 0 Å². The smallest absolute Gasteiger partial charge is 0.409 e. The summed E-state index contributed by atoms with van der Waals surface area (Å²) in [6.45, 7) is 0. The fourth-order valence-corrected chi connectivity index (χ4v) is 1.99. The molecule has 0 aliphatic heterocycles. The lowest BCUT2D eigenvalue weighted by Crippen LogP contribution is -2.30. The van der Waals surface area contributed by atoms with E-state index in [2.05, 4.69) is 0 Å². The van der Waals surface area contributed by atoms with E-state index in [1.54, 1.807) is 36.4 Å². The van der Waals surface area contributed by atoms with E-state index in [1.807, 2.05) is 24.3 Å². The van der Waals surface area contributed by atoms with Crippen molar-refractivity contribution in [3.05, 3.63) is 87.6 Å². The van der Waals surface area contributed by atoms with Crippen molar-refractivity contribution in [3.63, 3.8) is 0 Å². The van der Waals surface area contributed by atoms with E-state index in [9.17, 15) is 9.59 Å². The van der Waals surface area contributed by atoms with E-state index in [0.29, 0.717) is 11.3 Å². The second-order valence-corrected chi connectivity index (χ2v) is 4.25. The minimum absolute atomic E-state index is 0.271. The van der Waals surface area contributed by atoms with Crippen molar-refractivity contribution in [2.45, 2.75) is 0 Å². The molecule has 0 atom stereocenters. The maximum atomic E-state index is 12.1. The first kappa shape index (κ1) is 12.2. The molecular formula is C16H11NO3. The van der Waals surface area contributed by atoms with Crippen molar-refractivity contribution >= 4 is 0 Å². The van der Waals surface area contributed by atoms with Gasteiger partial charge >= 0.3 is 5.76 Å². The summed E-state index contributed by atoms with van der Waals surface area (Å²) in [6, 6.07) is 19.1. The van der Waals surface area contributed by atoms with Gasteiger partial charge in [-0.2, -0.15) is 0 Å². The van der Waals surface area contributed by atoms with Crippen molar-refractivity contribution in [1.82, 2.24) is 4.57 Å². The second kappa shape index (κ2) is 5.01. The quantitative estimate of drug-likeness (QED) is 0.715. The number of para-hydroxylation sites is 1. The highest BCUT2D eigenvalue weighted by Crippen LogP contribution is 2.15. The molecule has 98 valence electrons. The van der Waals surface area contributed by atoms with Gasteiger partial charge in [-0.3, -0.25) is 4.79 Å². The molecule has 0 spiro atoms. The van der Waals surface area contributed by atoms with Crippen LogP contribution in [0.1, 0.15) is 0 Å². The third kappa shape index (κ3) is 2.19. The van der Waals surface area contributed by atoms with Crippen LogP contribution in [0, 0.1) is 0 Å². The average Bonchev–Trinajstić information content (AvgIpc) is 2.48. The zero-order chi connectivity index (χ0) is 13.9. The van der Waals surface area contributed by atoms with Gasteiger partial charge in [0.1, 0.15) is 5.76 Å². The summed E-state index contributed by atoms with van der Waals surface area (Å²) in [5.74, 6) is -0.421. The molecule has 0 N–H and O–H groups in total. The fourth-order valence-electron chi connectivity index (χ4n) is 1.99. The van der Waals surface area contributed by atoms with Gasteiger partial charge in [0.05, 0.1) is 5.69 Å². The van der Waals surface area contributed by atoms with E-state index in [-0.39, 0.29) is 5.76 Å². The summed E-state index contributed by atoms with van der Waals surface area (Å²) < 4.78 is 6.24. The molecule has 0 radical (unpaired) electrons. The molecule has 3 aromatic rings. The van der Waals surface area contributed by atoms with Crippen LogP contribution in [0.4, 0.5) is 0 Å². The van der Waals surface area contributed by atoms with Crippen LogP contribution in [0.2, 0.25) is 0 Å². The predicted octanol–water partition coefficient (Wildman–Crippen LogP) is 2.46. The monoisotopic (exact) mass is 265 g/mol. The highest BCUT2D eigenvalue weighted by atomic mass is 16.4. The van der Waals surface area contributed by atoms with E-state index in [0.717, 1.165) is 4.57 Å². The molecule has 0 bridgehead atoms. The summed E-state index contributed by atoms with van der Waals surface area (Å²) in [6.07, 6.45) is 0. The Hall–Kier alpha value is -2.88. The highest BCUT2D eigenvalue weighted by molar-refractivity contribution is 5.56. The molecule has 0 unspecified atom stereocenters. The summed E-state index contributed by atoms with van der Waals surface area (Å²) in [7, 11) is 0. The molecule has 4 heteroatoms. The lowest BCUT2D eigenvalue weighted by Gasteiger charge is -2.04. The zero-order valence-corrected chi connectivity index (χ0v) is 10.5. The Kier molecular flexibility index (Phi) is 3.05. The summed E-state index contributed by atoms with van der Waals surface area (Å²) in [4.78, 5) is 24.2. The molecule has 0 aliphatic carbocycles. The Labute approximate surface area is 114 Å². The second-order valence-electron chi connectivity index (χ2n) is 4.25. The first-order valence-corrected chi connectivity index (χ1v) is 6.14. The number of aromatic nitrogens is 1. The summed E-state index contributed by atoms with van der Waals surface area (Å²) in [5.41, 5.74) is 0.777. The Morgan fingerprint density at radius 1 is 0.800 bits per heavy atom. The normalized spacial score (nSPS) is 10.4. The molecule has 0 aliphatic rings. The highest BCUT2D eigenvalue weighted by Gasteiger charge is 2.09. The third-order valence-electron chi connectivity index (χ3n) is 2.93. The standard InChI is InChI=1S/C16H11NO3/c18-15-11-14(12-7-3-1-4-8-12)20-16(19)17(15)13-9-5-2-6-10-13/h1-11H. The molecule has 2 aromatic carbocycles. The van der Waals surface area contributed by atoms with Crippen LogP contribution in [0.3, 0.4) is 0 Å². The van der Waals surface area contributed by atoms with E-state index in [4.69, 9.17) is 4.42 Å². The van der Waals surface area contributed by atoms with Crippen LogP contribution in [0.5, 0.6) is 0 Å². The number of nitrogens with zero attached hydrogens (tertiary/aromatic N) is 1. The van der Waals surface area contributed by atoms with Crippen LogP contribution in [-0.2, 0) is 0 Å². The molecule has 0 saturated carbocycles. The first-order valence-electron chi connectivity index (χ1n) is 6.14. The average molecular weight is 265 g/mol. The van der Waals surface area contributed by atoms with Crippen molar-refractivity contribution in [1.29, 1.82) is 0 Å². The van der Waals surface area contributed by atoms with E-state index in [1.165, 1.54) is 6.07 Å². The molecule has 20 heavy (non-hydrogen) atoms. The minimum atomic E-state index is -0.692. The van der Waals surface area contributed by atoms with Crippen LogP contribution in [0.15, 0.2) is 80.7 Å². The lowest BCUT2D eigenvalue weighted by molar-refractivity contribution is 0.472. The van der Waals surface area contributed by atoms with Gasteiger partial charge in [0, 0.05) is 11.6 Å². The van der Waals surface area contributed by atoms with Crippen LogP contribution < -0.4 is 11.3 Å². The number of hydrogen-bond donors (Lipinski definition) is 0. The Balaban J connectivity index is 2.19. The molecular weight excluding hydrogens is 254 g/mol. The third-order valence-corrected chi connectivity index (χ3v) is 2.93. The van der Waals surface area contributed by atoms with E-state index >= 15 is 0 Å². The zero-order valence-electron chi connectivity index (χ0n) is 10.5. The largest absolute Gasteiger partial charge is 0.426 e. The van der Waals surface area contributed by atoms with Gasteiger partial charge in [0.2, 0.25) is 0 Å². The van der Waals surface area contributed by atoms with Gasteiger partial charge in [-0.25, -0.2) is 9.36 Å². The fraction of sp³-hybridized carbons (Fsp3) is 0. The van der Waals surface area contributed by atoms with Gasteiger partial charge < -0.3 is 4.42 Å². The van der Waals surface area contributed by atoms with Gasteiger partial charge in [-0.1, -0.05) is 48.5 Å². The van der Waals surface area contributed by atoms with Crippen molar-refractivity contribution < 1.29 is 4.42 Å². The minimum Gasteiger partial charge on any atom is -0.409 e. The van der Waals surface area contributed by atoms with Crippen LogP contribution in [-0.4, -0.2) is 4.57 Å². The molecule has 3 rings (SSSR count). The number of benzene rings is 2. The molecule has 0 fully saturated rings. The maximum Gasteiger partial charge on any atom is 0.426 e. The maximum absolute atomic E-state index is 12.1. The van der Waals surface area contributed by atoms with Crippen molar-refractivity contribution in [2.75, 3.05) is 0 Å². The summed E-state index contributed by atoms with van der Waals surface area (Å²) >= 11 is 0. The van der Waals surface area contributed by atoms with Crippen molar-refractivity contribution in [3.8, 4) is 17.0 Å². The summed E-state index contributed by atoms with van der Waals surface area (Å²) in [5, 5.41) is 0. The molecule has 1 heterocycles. The lowest BCUT2D eigenvalue weighted by atomic mass is 10.2. The molecule has 0 saturated heterocycles. The molecule has 1 aromatic heterocycles. The Morgan fingerprint density at radius 2 is 1.40 bits per heavy atom. The van der Waals surface area contributed by atoms with Gasteiger partial charge in [-0.05, 0) is 12.1 Å². The molecule has 4 nitrogen and oxygen atoms in total. The topological polar surface area (TPSA) is 52.2 Å². The first-order chi connectivity index (χ1) is 9.75. The van der Waals surface area contributed by atoms with Gasteiger partial charge in [0.15, 0.2) is 0 Å². The Bertz CT molecular complexity index is 802. The van der Waals surface area contributed by atoms with Crippen LogP contribution in [0.25, 0.3) is 17.0 Å². The molecule has 0 amide bonds. The number of hydrogen-bond acceptors (Lipinski definition) is 3. The predicted molar refractivity (Wildman–Crippen MR) is 76.0 cm³/mol. The van der Waals surface area contributed by atoms with Gasteiger partial charge in [0.25, 0.3) is 5.56 Å². The van der Waals surface area contributed by atoms with Gasteiger partial charge in [-0.15, -0.1) is 0 Å². The number of rotatable bonds is 2. The Morgan fingerprint density at radius 3 is 2.00 bits per heavy atom.